The fourth-order valence-corrected chi connectivity index (χ4v) is 2.71. The van der Waals surface area contributed by atoms with Crippen molar-refractivity contribution in [3.05, 3.63) is 29.3 Å². The van der Waals surface area contributed by atoms with Crippen LogP contribution in [0.5, 0.6) is 5.75 Å². The predicted octanol–water partition coefficient (Wildman–Crippen LogP) is 2.27. The van der Waals surface area contributed by atoms with Gasteiger partial charge in [0.05, 0.1) is 17.7 Å². The molecule has 0 saturated heterocycles. The lowest BCUT2D eigenvalue weighted by molar-refractivity contribution is -0.111. The molecule has 0 amide bonds. The number of aliphatic hydroxyl groups is 1. The number of rotatable bonds is 5. The number of aliphatic hydroxyl groups excluding tert-OH is 1. The Morgan fingerprint density at radius 3 is 2.91 bits per heavy atom. The summed E-state index contributed by atoms with van der Waals surface area (Å²) in [6.07, 6.45) is 0.0864. The fourth-order valence-electron chi connectivity index (χ4n) is 2.58. The maximum Gasteiger partial charge on any atom is 0.221 e. The van der Waals surface area contributed by atoms with Crippen molar-refractivity contribution in [1.82, 2.24) is 5.32 Å². The van der Waals surface area contributed by atoms with Gasteiger partial charge in [-0.1, -0.05) is 0 Å². The summed E-state index contributed by atoms with van der Waals surface area (Å²) >= 11 is 5.32. The minimum absolute atomic E-state index is 0.280. The van der Waals surface area contributed by atoms with Gasteiger partial charge in [0.15, 0.2) is 0 Å². The largest absolute Gasteiger partial charge is 0.485 e. The summed E-state index contributed by atoms with van der Waals surface area (Å²) in [5, 5.41) is 22.5. The molecule has 2 N–H and O–H groups in total. The summed E-state index contributed by atoms with van der Waals surface area (Å²) in [4.78, 5) is 10.8. The molecule has 1 heterocycles. The maximum absolute atomic E-state index is 10.8. The van der Waals surface area contributed by atoms with Crippen molar-refractivity contribution in [2.24, 2.45) is 0 Å². The molecule has 2 rings (SSSR count). The van der Waals surface area contributed by atoms with Gasteiger partial charge in [0.25, 0.3) is 0 Å². The van der Waals surface area contributed by atoms with E-state index in [1.54, 1.807) is 18.2 Å². The number of ether oxygens (including phenoxy) is 1. The first kappa shape index (κ1) is 16.8. The Morgan fingerprint density at radius 1 is 1.55 bits per heavy atom. The van der Waals surface area contributed by atoms with Crippen molar-refractivity contribution in [2.45, 2.75) is 44.4 Å². The van der Waals surface area contributed by atoms with Crippen LogP contribution >= 0.6 is 11.6 Å². The number of halogens is 1. The molecule has 2 atom stereocenters. The zero-order chi connectivity index (χ0) is 16.3. The minimum atomic E-state index is -0.777. The third kappa shape index (κ3) is 3.58. The van der Waals surface area contributed by atoms with E-state index in [0.717, 1.165) is 5.56 Å². The number of benzene rings is 1. The van der Waals surface area contributed by atoms with E-state index >= 15 is 0 Å². The zero-order valence-corrected chi connectivity index (χ0v) is 13.4. The lowest BCUT2D eigenvalue weighted by Gasteiger charge is -2.42. The SMILES string of the molecule is CC1(C)Oc2ccc(C#N)cc2C(NCCCC(=O)Cl)C1O. The third-order valence-electron chi connectivity index (χ3n) is 3.79. The molecule has 1 aromatic carbocycles. The molecule has 0 spiro atoms. The number of nitriles is 1. The predicted molar refractivity (Wildman–Crippen MR) is 82.7 cm³/mol. The van der Waals surface area contributed by atoms with Crippen LogP contribution in [0.15, 0.2) is 18.2 Å². The molecule has 22 heavy (non-hydrogen) atoms. The molecule has 2 unspecified atom stereocenters. The van der Waals surface area contributed by atoms with Crippen LogP contribution in [0.4, 0.5) is 0 Å². The van der Waals surface area contributed by atoms with Crippen LogP contribution < -0.4 is 10.1 Å². The van der Waals surface area contributed by atoms with Crippen molar-refractivity contribution in [3.63, 3.8) is 0 Å². The van der Waals surface area contributed by atoms with E-state index in [1.165, 1.54) is 0 Å². The second kappa shape index (κ2) is 6.66. The normalized spacial score (nSPS) is 22.3. The summed E-state index contributed by atoms with van der Waals surface area (Å²) in [5.41, 5.74) is 0.515. The maximum atomic E-state index is 10.8. The van der Waals surface area contributed by atoms with E-state index in [4.69, 9.17) is 21.6 Å². The summed E-state index contributed by atoms with van der Waals surface area (Å²) < 4.78 is 5.83. The van der Waals surface area contributed by atoms with E-state index in [9.17, 15) is 9.90 Å². The molecular formula is C16H19ClN2O3. The average Bonchev–Trinajstić information content (AvgIpc) is 2.46. The monoisotopic (exact) mass is 322 g/mol. The smallest absolute Gasteiger partial charge is 0.221 e. The molecule has 1 aromatic rings. The fraction of sp³-hybridized carbons (Fsp3) is 0.500. The van der Waals surface area contributed by atoms with Crippen LogP contribution in [0.3, 0.4) is 0 Å². The molecule has 0 bridgehead atoms. The van der Waals surface area contributed by atoms with Crippen LogP contribution in [-0.4, -0.2) is 28.6 Å². The van der Waals surface area contributed by atoms with Gasteiger partial charge in [-0.05, 0) is 56.6 Å². The Bertz CT molecular complexity index is 610. The molecule has 1 aliphatic rings. The van der Waals surface area contributed by atoms with Crippen molar-refractivity contribution in [3.8, 4) is 11.8 Å². The molecule has 1 aliphatic heterocycles. The second-order valence-electron chi connectivity index (χ2n) is 5.91. The Kier molecular flexibility index (Phi) is 5.07. The molecule has 118 valence electrons. The Balaban J connectivity index is 2.22. The van der Waals surface area contributed by atoms with Gasteiger partial charge in [-0.15, -0.1) is 0 Å². The number of hydrogen-bond donors (Lipinski definition) is 2. The van der Waals surface area contributed by atoms with Gasteiger partial charge in [0.1, 0.15) is 17.5 Å². The average molecular weight is 323 g/mol. The summed E-state index contributed by atoms with van der Waals surface area (Å²) in [5.74, 6) is 0.653. The first-order valence-electron chi connectivity index (χ1n) is 7.18. The quantitative estimate of drug-likeness (QED) is 0.642. The van der Waals surface area contributed by atoms with Crippen LogP contribution in [0.2, 0.25) is 0 Å². The van der Waals surface area contributed by atoms with E-state index < -0.39 is 11.7 Å². The summed E-state index contributed by atoms with van der Waals surface area (Å²) in [6, 6.07) is 6.88. The summed E-state index contributed by atoms with van der Waals surface area (Å²) in [6.45, 7) is 4.16. The second-order valence-corrected chi connectivity index (χ2v) is 6.33. The topological polar surface area (TPSA) is 82.3 Å². The first-order chi connectivity index (χ1) is 10.3. The molecule has 0 fully saturated rings. The highest BCUT2D eigenvalue weighted by atomic mass is 35.5. The van der Waals surface area contributed by atoms with Crippen LogP contribution in [0, 0.1) is 11.3 Å². The van der Waals surface area contributed by atoms with Crippen LogP contribution in [-0.2, 0) is 4.79 Å². The number of nitrogens with one attached hydrogen (secondary N) is 1. The molecule has 0 radical (unpaired) electrons. The summed E-state index contributed by atoms with van der Waals surface area (Å²) in [7, 11) is 0. The highest BCUT2D eigenvalue weighted by Crippen LogP contribution is 2.40. The number of nitrogens with zero attached hydrogens (tertiary/aromatic N) is 1. The van der Waals surface area contributed by atoms with Gasteiger partial charge >= 0.3 is 0 Å². The minimum Gasteiger partial charge on any atom is -0.485 e. The molecular weight excluding hydrogens is 304 g/mol. The van der Waals surface area contributed by atoms with Gasteiger partial charge in [0.2, 0.25) is 5.24 Å². The van der Waals surface area contributed by atoms with Crippen LogP contribution in [0.1, 0.15) is 43.9 Å². The zero-order valence-electron chi connectivity index (χ0n) is 12.6. The molecule has 0 aliphatic carbocycles. The van der Waals surface area contributed by atoms with Gasteiger partial charge in [0, 0.05) is 12.0 Å². The van der Waals surface area contributed by atoms with Crippen molar-refractivity contribution < 1.29 is 14.6 Å². The highest BCUT2D eigenvalue weighted by Gasteiger charge is 2.42. The van der Waals surface area contributed by atoms with Crippen molar-refractivity contribution >= 4 is 16.8 Å². The van der Waals surface area contributed by atoms with E-state index in [0.29, 0.717) is 24.3 Å². The molecule has 6 heteroatoms. The lowest BCUT2D eigenvalue weighted by atomic mass is 9.86. The third-order valence-corrected chi connectivity index (χ3v) is 3.98. The number of hydrogen-bond acceptors (Lipinski definition) is 5. The van der Waals surface area contributed by atoms with Gasteiger partial charge < -0.3 is 15.2 Å². The van der Waals surface area contributed by atoms with Gasteiger partial charge in [-0.3, -0.25) is 4.79 Å². The van der Waals surface area contributed by atoms with Gasteiger partial charge in [-0.25, -0.2) is 0 Å². The Morgan fingerprint density at radius 2 is 2.27 bits per heavy atom. The molecule has 0 aromatic heterocycles. The standard InChI is InChI=1S/C16H19ClN2O3/c1-16(2)15(21)14(19-7-3-4-13(17)20)11-8-10(9-18)5-6-12(11)22-16/h5-6,8,14-15,19,21H,3-4,7H2,1-2H3. The first-order valence-corrected chi connectivity index (χ1v) is 7.56. The van der Waals surface area contributed by atoms with E-state index in [1.807, 2.05) is 13.8 Å². The van der Waals surface area contributed by atoms with E-state index in [-0.39, 0.29) is 17.7 Å². The lowest BCUT2D eigenvalue weighted by Crippen LogP contribution is -2.52. The molecule has 0 saturated carbocycles. The van der Waals surface area contributed by atoms with Gasteiger partial charge in [-0.2, -0.15) is 5.26 Å². The van der Waals surface area contributed by atoms with E-state index in [2.05, 4.69) is 11.4 Å². The number of carbonyl (C=O) groups excluding carboxylic acids is 1. The number of carbonyl (C=O) groups is 1. The highest BCUT2D eigenvalue weighted by molar-refractivity contribution is 6.63. The number of fused-ring (bicyclic) bond motifs is 1. The van der Waals surface area contributed by atoms with Crippen LogP contribution in [0.25, 0.3) is 0 Å². The van der Waals surface area contributed by atoms with Crippen molar-refractivity contribution in [1.29, 1.82) is 5.26 Å². The molecule has 5 nitrogen and oxygen atoms in total. The Labute approximate surface area is 134 Å². The van der Waals surface area contributed by atoms with Crippen molar-refractivity contribution in [2.75, 3.05) is 6.54 Å². The Hall–Kier alpha value is -1.61.